The molecule has 1 fully saturated rings. The third kappa shape index (κ3) is 7.26. The van der Waals surface area contributed by atoms with Gasteiger partial charge in [0, 0.05) is 35.8 Å². The first-order valence-corrected chi connectivity index (χ1v) is 13.8. The average Bonchev–Trinajstić information content (AvgIpc) is 3.22. The number of likely N-dealkylation sites (tertiary alicyclic amines) is 1. The van der Waals surface area contributed by atoms with Crippen LogP contribution in [0.15, 0.2) is 36.5 Å². The summed E-state index contributed by atoms with van der Waals surface area (Å²) in [5.41, 5.74) is -0.607. The number of nitrogens with one attached hydrogen (secondary N) is 1. The quantitative estimate of drug-likeness (QED) is 0.360. The lowest BCUT2D eigenvalue weighted by atomic mass is 9.72. The Morgan fingerprint density at radius 1 is 1.10 bits per heavy atom. The van der Waals surface area contributed by atoms with Crippen molar-refractivity contribution in [3.8, 4) is 11.6 Å². The second-order valence-corrected chi connectivity index (χ2v) is 12.0. The molecule has 232 valence electrons. The monoisotopic (exact) mass is 595 g/mol. The Bertz CT molecular complexity index is 1260. The first-order chi connectivity index (χ1) is 19.5. The van der Waals surface area contributed by atoms with Crippen LogP contribution in [-0.4, -0.2) is 58.5 Å². The number of amides is 1. The van der Waals surface area contributed by atoms with Crippen LogP contribution in [0.2, 0.25) is 0 Å². The first-order valence-electron chi connectivity index (χ1n) is 13.8. The maximum absolute atomic E-state index is 13.6. The molecule has 1 aromatic carbocycles. The number of aliphatic carboxylic acids is 1. The lowest BCUT2D eigenvalue weighted by Gasteiger charge is -2.35. The van der Waals surface area contributed by atoms with Gasteiger partial charge in [-0.25, -0.2) is 14.6 Å². The fourth-order valence-electron chi connectivity index (χ4n) is 5.51. The Morgan fingerprint density at radius 2 is 1.76 bits per heavy atom. The average molecular weight is 596 g/mol. The maximum atomic E-state index is 13.6. The van der Waals surface area contributed by atoms with Crippen molar-refractivity contribution in [1.82, 2.24) is 15.2 Å². The van der Waals surface area contributed by atoms with Gasteiger partial charge in [-0.3, -0.25) is 4.90 Å². The summed E-state index contributed by atoms with van der Waals surface area (Å²) < 4.78 is 56.9. The van der Waals surface area contributed by atoms with E-state index in [9.17, 15) is 27.9 Å². The maximum Gasteiger partial charge on any atom is 0.416 e. The Kier molecular flexibility index (Phi) is 10.0. The molecule has 1 aliphatic rings. The summed E-state index contributed by atoms with van der Waals surface area (Å²) in [7, 11) is 1.28. The lowest BCUT2D eigenvalue weighted by Crippen LogP contribution is -2.48. The molecule has 2 N–H and O–H groups in total. The van der Waals surface area contributed by atoms with Gasteiger partial charge in [0.15, 0.2) is 0 Å². The second-order valence-electron chi connectivity index (χ2n) is 12.0. The zero-order valence-corrected chi connectivity index (χ0v) is 25.2. The van der Waals surface area contributed by atoms with Gasteiger partial charge >= 0.3 is 18.2 Å². The molecule has 0 saturated carbocycles. The number of rotatable bonds is 9. The van der Waals surface area contributed by atoms with Gasteiger partial charge in [0.2, 0.25) is 5.88 Å². The molecule has 42 heavy (non-hydrogen) atoms. The number of carbonyl (C=O) groups is 2. The highest BCUT2D eigenvalue weighted by Gasteiger charge is 2.59. The van der Waals surface area contributed by atoms with Crippen LogP contribution in [-0.2, 0) is 22.3 Å². The number of hydrogen-bond acceptors (Lipinski definition) is 7. The van der Waals surface area contributed by atoms with E-state index in [4.69, 9.17) is 14.2 Å². The minimum absolute atomic E-state index is 0.0229. The number of carboxylic acid groups (broad SMARTS) is 1. The summed E-state index contributed by atoms with van der Waals surface area (Å²) >= 11 is 0. The molecule has 12 heteroatoms. The van der Waals surface area contributed by atoms with Gasteiger partial charge in [-0.15, -0.1) is 0 Å². The molecule has 3 rings (SSSR count). The standard InChI is InChI=1S/C30H40F3N3O6/c1-16(2)41-26-20(10-9-13-34-26)24-23(35-15-18-11-12-19(30(31,32)33)14-21(18)40-8)22(29(5,6)7)25(27(37)38)36(24)28(39)42-17(3)4/h9-14,16-17,22-25,35H,15H2,1-8H3,(H,37,38)/t22-,23-,24-,25-/m0/s1. The number of carboxylic acids is 1. The molecule has 0 radical (unpaired) electrons. The van der Waals surface area contributed by atoms with Crippen LogP contribution in [0.3, 0.4) is 0 Å². The van der Waals surface area contributed by atoms with Gasteiger partial charge in [-0.2, -0.15) is 13.2 Å². The molecule has 0 aliphatic carbocycles. The summed E-state index contributed by atoms with van der Waals surface area (Å²) in [4.78, 5) is 32.1. The first kappa shape index (κ1) is 33.0. The molecule has 0 bridgehead atoms. The molecular formula is C30H40F3N3O6. The molecule has 0 unspecified atom stereocenters. The molecule has 0 spiro atoms. The predicted molar refractivity (Wildman–Crippen MR) is 149 cm³/mol. The molecular weight excluding hydrogens is 555 g/mol. The van der Waals surface area contributed by atoms with Crippen LogP contribution < -0.4 is 14.8 Å². The largest absolute Gasteiger partial charge is 0.496 e. The van der Waals surface area contributed by atoms with Crippen molar-refractivity contribution >= 4 is 12.1 Å². The third-order valence-electron chi connectivity index (χ3n) is 7.08. The van der Waals surface area contributed by atoms with Crippen molar-refractivity contribution in [2.45, 2.75) is 91.5 Å². The van der Waals surface area contributed by atoms with E-state index >= 15 is 0 Å². The topological polar surface area (TPSA) is 110 Å². The molecule has 4 atom stereocenters. The second kappa shape index (κ2) is 12.8. The van der Waals surface area contributed by atoms with E-state index in [1.165, 1.54) is 18.1 Å². The van der Waals surface area contributed by atoms with Gasteiger partial charge < -0.3 is 24.6 Å². The van der Waals surface area contributed by atoms with Crippen LogP contribution in [0.1, 0.15) is 71.2 Å². The highest BCUT2D eigenvalue weighted by atomic mass is 19.4. The fraction of sp³-hybridized carbons (Fsp3) is 0.567. The van der Waals surface area contributed by atoms with Crippen LogP contribution in [0, 0.1) is 11.3 Å². The minimum Gasteiger partial charge on any atom is -0.496 e. The SMILES string of the molecule is COc1cc(C(F)(F)F)ccc1CN[C@H]1[C@H](C(C)(C)C)[C@@H](C(=O)O)N(C(=O)OC(C)C)[C@H]1c1cccnc1OC(C)C. The van der Waals surface area contributed by atoms with Gasteiger partial charge in [-0.05, 0) is 57.4 Å². The lowest BCUT2D eigenvalue weighted by molar-refractivity contribution is -0.145. The third-order valence-corrected chi connectivity index (χ3v) is 7.08. The molecule has 2 heterocycles. The zero-order valence-electron chi connectivity index (χ0n) is 25.2. The van der Waals surface area contributed by atoms with Gasteiger partial charge in [0.1, 0.15) is 11.8 Å². The molecule has 1 aromatic heterocycles. The molecule has 1 amide bonds. The van der Waals surface area contributed by atoms with Crippen molar-refractivity contribution in [2.75, 3.05) is 7.11 Å². The highest BCUT2D eigenvalue weighted by Crippen LogP contribution is 2.50. The molecule has 9 nitrogen and oxygen atoms in total. The number of benzene rings is 1. The summed E-state index contributed by atoms with van der Waals surface area (Å²) in [6.07, 6.45) is -4.62. The fourth-order valence-corrected chi connectivity index (χ4v) is 5.51. The van der Waals surface area contributed by atoms with E-state index in [-0.39, 0.29) is 24.3 Å². The number of pyridine rings is 1. The van der Waals surface area contributed by atoms with Crippen LogP contribution in [0.25, 0.3) is 0 Å². The minimum atomic E-state index is -4.55. The van der Waals surface area contributed by atoms with Crippen LogP contribution in [0.5, 0.6) is 11.6 Å². The summed E-state index contributed by atoms with van der Waals surface area (Å²) in [5.74, 6) is -1.63. The van der Waals surface area contributed by atoms with E-state index in [2.05, 4.69) is 10.3 Å². The van der Waals surface area contributed by atoms with Crippen molar-refractivity contribution in [2.24, 2.45) is 11.3 Å². The van der Waals surface area contributed by atoms with Gasteiger partial charge in [-0.1, -0.05) is 26.8 Å². The Hall–Kier alpha value is -3.54. The summed E-state index contributed by atoms with van der Waals surface area (Å²) in [6, 6.07) is 3.68. The Labute approximate surface area is 244 Å². The van der Waals surface area contributed by atoms with Crippen molar-refractivity contribution in [1.29, 1.82) is 0 Å². The number of halogens is 3. The number of methoxy groups -OCH3 is 1. The number of nitrogens with zero attached hydrogens (tertiary/aromatic N) is 2. The van der Waals surface area contributed by atoms with Crippen molar-refractivity contribution < 1.29 is 42.1 Å². The van der Waals surface area contributed by atoms with Crippen molar-refractivity contribution in [3.05, 3.63) is 53.2 Å². The van der Waals surface area contributed by atoms with E-state index < -0.39 is 59.4 Å². The van der Waals surface area contributed by atoms with E-state index in [0.29, 0.717) is 11.1 Å². The zero-order chi connectivity index (χ0) is 31.6. The Morgan fingerprint density at radius 3 is 2.29 bits per heavy atom. The number of carbonyl (C=O) groups excluding carboxylic acids is 1. The van der Waals surface area contributed by atoms with Gasteiger partial charge in [0.25, 0.3) is 0 Å². The summed E-state index contributed by atoms with van der Waals surface area (Å²) in [6.45, 7) is 12.6. The number of hydrogen-bond donors (Lipinski definition) is 2. The van der Waals surface area contributed by atoms with E-state index in [1.54, 1.807) is 32.2 Å². The van der Waals surface area contributed by atoms with E-state index in [0.717, 1.165) is 12.1 Å². The molecule has 2 aromatic rings. The Balaban J connectivity index is 2.20. The van der Waals surface area contributed by atoms with E-state index in [1.807, 2.05) is 34.6 Å². The van der Waals surface area contributed by atoms with Crippen molar-refractivity contribution in [3.63, 3.8) is 0 Å². The highest BCUT2D eigenvalue weighted by molar-refractivity contribution is 5.82. The molecule has 1 aliphatic heterocycles. The number of ether oxygens (including phenoxy) is 3. The normalized spacial score (nSPS) is 21.1. The van der Waals surface area contributed by atoms with Crippen LogP contribution >= 0.6 is 0 Å². The number of aromatic nitrogens is 1. The van der Waals surface area contributed by atoms with Gasteiger partial charge in [0.05, 0.1) is 30.9 Å². The van der Waals surface area contributed by atoms with Crippen LogP contribution in [0.4, 0.5) is 18.0 Å². The predicted octanol–water partition coefficient (Wildman–Crippen LogP) is 6.07. The smallest absolute Gasteiger partial charge is 0.416 e. The molecule has 1 saturated heterocycles. The summed E-state index contributed by atoms with van der Waals surface area (Å²) in [5, 5.41) is 13.9. The number of alkyl halides is 3.